The van der Waals surface area contributed by atoms with Gasteiger partial charge in [0.2, 0.25) is 12.6 Å². The molecule has 2 aromatic heterocycles. The number of nitrogens with one attached hydrogen (secondary N) is 2. The summed E-state index contributed by atoms with van der Waals surface area (Å²) in [7, 11) is -9.86. The first-order valence-electron chi connectivity index (χ1n) is 26.8. The Morgan fingerprint density at radius 2 is 1.04 bits per heavy atom. The molecule has 0 saturated heterocycles. The minimum atomic E-state index is -4.93. The number of cyclic esters (lactones) is 2. The van der Waals surface area contributed by atoms with Crippen LogP contribution in [0.1, 0.15) is 116 Å². The molecule has 0 spiro atoms. The average Bonchev–Trinajstić information content (AvgIpc) is 4.31. The van der Waals surface area contributed by atoms with Gasteiger partial charge in [0, 0.05) is 0 Å². The Kier molecular flexibility index (Phi) is 19.7. The summed E-state index contributed by atoms with van der Waals surface area (Å²) in [6.45, 7) is 15.2. The summed E-state index contributed by atoms with van der Waals surface area (Å²) in [6, 6.07) is 5.75. The van der Waals surface area contributed by atoms with Crippen LogP contribution < -0.4 is 10.6 Å². The van der Waals surface area contributed by atoms with E-state index in [1.165, 1.54) is 58.2 Å². The minimum Gasteiger partial charge on any atom is -0.458 e. The van der Waals surface area contributed by atoms with Gasteiger partial charge in [-0.15, -0.1) is 10.2 Å². The van der Waals surface area contributed by atoms with Gasteiger partial charge in [0.1, 0.15) is 66.8 Å². The van der Waals surface area contributed by atoms with Crippen LogP contribution in [-0.4, -0.2) is 117 Å². The van der Waals surface area contributed by atoms with Crippen LogP contribution in [0, 0.1) is 35.5 Å². The van der Waals surface area contributed by atoms with Gasteiger partial charge < -0.3 is 39.1 Å². The zero-order chi connectivity index (χ0) is 59.5. The monoisotopic (exact) mass is 1300 g/mol. The highest BCUT2D eigenvalue weighted by molar-refractivity contribution is 9.12. The fourth-order valence-electron chi connectivity index (χ4n) is 10.5. The van der Waals surface area contributed by atoms with Crippen molar-refractivity contribution in [1.29, 1.82) is 0 Å². The van der Waals surface area contributed by atoms with E-state index >= 15 is 0 Å². The number of rotatable bonds is 22. The fraction of sp³-hybridized carbons (Fsp3) is 0.519. The highest BCUT2D eigenvalue weighted by Gasteiger charge is 2.43. The Morgan fingerprint density at radius 1 is 0.659 bits per heavy atom. The summed E-state index contributed by atoms with van der Waals surface area (Å²) < 4.78 is 109. The predicted molar refractivity (Wildman–Crippen MR) is 300 cm³/mol. The second-order valence-corrected chi connectivity index (χ2v) is 26.3. The molecular formula is C54H66Br2N8O16S2. The van der Waals surface area contributed by atoms with E-state index in [4.69, 9.17) is 28.4 Å². The second-order valence-electron chi connectivity index (χ2n) is 21.9. The Bertz CT molecular complexity index is 3180. The number of nitrogens with zero attached hydrogens (tertiary/aromatic N) is 6. The number of hydrogen-bond acceptors (Lipinski definition) is 20. The molecule has 24 nitrogen and oxygen atoms in total. The van der Waals surface area contributed by atoms with Crippen LogP contribution in [0.15, 0.2) is 78.9 Å². The van der Waals surface area contributed by atoms with Gasteiger partial charge in [-0.2, -0.15) is 16.8 Å². The van der Waals surface area contributed by atoms with Crippen LogP contribution >= 0.6 is 31.9 Å². The van der Waals surface area contributed by atoms with E-state index < -0.39 is 78.6 Å². The van der Waals surface area contributed by atoms with Crippen molar-refractivity contribution in [1.82, 2.24) is 40.6 Å². The zero-order valence-corrected chi connectivity index (χ0v) is 51.0. The van der Waals surface area contributed by atoms with E-state index in [1.54, 1.807) is 13.8 Å². The fourth-order valence-corrected chi connectivity index (χ4v) is 12.7. The van der Waals surface area contributed by atoms with Crippen LogP contribution in [0.5, 0.6) is 0 Å². The molecule has 0 radical (unpaired) electrons. The van der Waals surface area contributed by atoms with E-state index in [0.29, 0.717) is 23.7 Å². The van der Waals surface area contributed by atoms with Gasteiger partial charge >= 0.3 is 23.9 Å². The first-order valence-corrected chi connectivity index (χ1v) is 31.2. The first-order chi connectivity index (χ1) is 38.6. The number of halogens is 2. The SMILES string of the molecule is CC(C)[C@@H]1CC[C@@H](C)C[C@H]1O[C@H]1OC(=O)C(Br)=C1N[C@@H](C)C(=O)OCc1cn(-c2ccc(/C=C/c3ccc(-n4cc(COC(=O)[C@H](C)NC5=C(Br)C(=O)O[C@@H]5O[C@@H]5C[C@H](C)CC[C@H]5C(C)C)nn4)cc3S(=O)(=O)O)c(S(=O)(=O)O)c2)nn1. The summed E-state index contributed by atoms with van der Waals surface area (Å²) >= 11 is 6.55. The molecule has 0 amide bonds. The molecule has 2 saturated carbocycles. The van der Waals surface area contributed by atoms with E-state index in [2.05, 4.69) is 105 Å². The molecule has 0 unspecified atom stereocenters. The number of carbonyl (C=O) groups is 4. The number of aromatic nitrogens is 6. The van der Waals surface area contributed by atoms with Gasteiger partial charge in [-0.1, -0.05) is 89.1 Å². The molecule has 0 bridgehead atoms. The molecular weight excluding hydrogens is 1240 g/mol. The van der Waals surface area contributed by atoms with E-state index in [0.717, 1.165) is 50.7 Å². The molecule has 2 fully saturated rings. The molecule has 444 valence electrons. The predicted octanol–water partition coefficient (Wildman–Crippen LogP) is 7.49. The number of carbonyl (C=O) groups excluding carboxylic acids is 4. The van der Waals surface area contributed by atoms with Crippen LogP contribution in [0.25, 0.3) is 23.5 Å². The summed E-state index contributed by atoms with van der Waals surface area (Å²) in [5.74, 6) is -0.597. The summed E-state index contributed by atoms with van der Waals surface area (Å²) in [5, 5.41) is 22.1. The number of esters is 4. The van der Waals surface area contributed by atoms with Crippen LogP contribution in [0.4, 0.5) is 0 Å². The molecule has 8 rings (SSSR count). The summed E-state index contributed by atoms with van der Waals surface area (Å²) in [5.41, 5.74) is 0.927. The highest BCUT2D eigenvalue weighted by atomic mass is 79.9. The molecule has 82 heavy (non-hydrogen) atoms. The van der Waals surface area contributed by atoms with Gasteiger partial charge in [-0.05, 0) is 142 Å². The minimum absolute atomic E-state index is 0.0828. The largest absolute Gasteiger partial charge is 0.458 e. The third kappa shape index (κ3) is 14.9. The third-order valence-electron chi connectivity index (χ3n) is 15.0. The molecule has 28 heteroatoms. The van der Waals surface area contributed by atoms with E-state index in [1.807, 2.05) is 0 Å². The molecule has 10 atom stereocenters. The maximum absolute atomic E-state index is 13.2. The van der Waals surface area contributed by atoms with Crippen molar-refractivity contribution in [3.8, 4) is 11.4 Å². The first kappa shape index (κ1) is 62.2. The maximum Gasteiger partial charge on any atom is 0.349 e. The van der Waals surface area contributed by atoms with Crippen LogP contribution in [-0.2, 0) is 81.0 Å². The molecule has 4 aromatic rings. The van der Waals surface area contributed by atoms with Crippen molar-refractivity contribution in [3.63, 3.8) is 0 Å². The third-order valence-corrected chi connectivity index (χ3v) is 18.3. The van der Waals surface area contributed by atoms with Gasteiger partial charge in [0.25, 0.3) is 20.2 Å². The molecule has 2 aromatic carbocycles. The van der Waals surface area contributed by atoms with Crippen molar-refractivity contribution in [2.45, 2.75) is 154 Å². The second kappa shape index (κ2) is 25.9. The van der Waals surface area contributed by atoms with Gasteiger partial charge in [0.05, 0.1) is 36.0 Å². The molecule has 2 aliphatic heterocycles. The number of ether oxygens (including phenoxy) is 6. The summed E-state index contributed by atoms with van der Waals surface area (Å²) in [6.07, 6.45) is 8.46. The lowest BCUT2D eigenvalue weighted by Crippen LogP contribution is -2.42. The normalized spacial score (nSPS) is 24.3. The molecule has 4 heterocycles. The lowest BCUT2D eigenvalue weighted by Gasteiger charge is -2.38. The number of hydrogen-bond donors (Lipinski definition) is 4. The number of benzene rings is 2. The standard InChI is InChI=1S/C54H66Br2N8O16S2/c1-27(2)39-17-9-29(5)19-41(39)77-53-47(45(55)51(67)79-53)57-31(7)49(65)75-25-35-23-63(61-59-35)37-15-13-33(43(21-37)81(69,70)71)11-12-34-14-16-38(22-44(34)82(72,73)74)64-24-36(60-62-64)26-76-50(66)32(8)58-48-46(56)52(68)80-54(48)78-42-20-30(6)10-18-40(42)28(3)4/h11-16,21-24,27-32,39-42,53-54,57-58H,9-10,17-20,25-26H2,1-8H3,(H,69,70,71)(H,72,73,74)/b12-11+/t29-,30-,31+,32+,39+,40+,41-,42-,53+,54+/m1/s1. The van der Waals surface area contributed by atoms with Gasteiger partial charge in [-0.25, -0.2) is 28.5 Å². The Morgan fingerprint density at radius 3 is 1.39 bits per heavy atom. The van der Waals surface area contributed by atoms with Crippen molar-refractivity contribution in [2.75, 3.05) is 0 Å². The van der Waals surface area contributed by atoms with Crippen molar-refractivity contribution < 1.29 is 73.5 Å². The topological polar surface area (TPSA) is 318 Å². The van der Waals surface area contributed by atoms with Crippen LogP contribution in [0.3, 0.4) is 0 Å². The lowest BCUT2D eigenvalue weighted by atomic mass is 9.75. The zero-order valence-electron chi connectivity index (χ0n) is 46.2. The Labute approximate surface area is 491 Å². The smallest absolute Gasteiger partial charge is 0.349 e. The van der Waals surface area contributed by atoms with Gasteiger partial charge in [0.15, 0.2) is 0 Å². The lowest BCUT2D eigenvalue weighted by molar-refractivity contribution is -0.183. The van der Waals surface area contributed by atoms with E-state index in [-0.39, 0.29) is 91.5 Å². The molecule has 4 aliphatic rings. The van der Waals surface area contributed by atoms with Crippen LogP contribution in [0.2, 0.25) is 0 Å². The summed E-state index contributed by atoms with van der Waals surface area (Å²) in [4.78, 5) is 50.5. The Balaban J connectivity index is 0.881. The quantitative estimate of drug-likeness (QED) is 0.0256. The average molecular weight is 1310 g/mol. The maximum atomic E-state index is 13.2. The van der Waals surface area contributed by atoms with Crippen molar-refractivity contribution >= 4 is 88.1 Å². The van der Waals surface area contributed by atoms with Gasteiger partial charge in [-0.3, -0.25) is 9.11 Å². The van der Waals surface area contributed by atoms with E-state index in [9.17, 15) is 45.1 Å². The van der Waals surface area contributed by atoms with Crippen molar-refractivity contribution in [3.05, 3.63) is 91.7 Å². The molecule has 2 aliphatic carbocycles. The van der Waals surface area contributed by atoms with Crippen molar-refractivity contribution in [2.24, 2.45) is 35.5 Å². The Hall–Kier alpha value is -5.88. The highest BCUT2D eigenvalue weighted by Crippen LogP contribution is 2.40. The molecule has 4 N–H and O–H groups in total.